The molecule has 1 heteroatoms. The Hall–Kier alpha value is -0.560. The van der Waals surface area contributed by atoms with Gasteiger partial charge in [-0.15, -0.1) is 0 Å². The van der Waals surface area contributed by atoms with Crippen LogP contribution in [0.3, 0.4) is 0 Å². The van der Waals surface area contributed by atoms with Crippen molar-refractivity contribution in [2.75, 3.05) is 0 Å². The third-order valence-electron chi connectivity index (χ3n) is 3.35. The number of aliphatic hydroxyl groups is 1. The Balaban J connectivity index is 2.42. The lowest BCUT2D eigenvalue weighted by Gasteiger charge is -2.33. The van der Waals surface area contributed by atoms with E-state index in [4.69, 9.17) is 0 Å². The van der Waals surface area contributed by atoms with Crippen LogP contribution >= 0.6 is 0 Å². The normalized spacial score (nSPS) is 29.7. The van der Waals surface area contributed by atoms with Crippen LogP contribution in [-0.4, -0.2) is 10.7 Å². The van der Waals surface area contributed by atoms with Crippen LogP contribution in [0.5, 0.6) is 0 Å². The van der Waals surface area contributed by atoms with Crippen molar-refractivity contribution < 1.29 is 5.11 Å². The highest BCUT2D eigenvalue weighted by Gasteiger charge is 2.31. The summed E-state index contributed by atoms with van der Waals surface area (Å²) in [7, 11) is 0. The molecule has 0 amide bonds. The summed E-state index contributed by atoms with van der Waals surface area (Å²) in [6.45, 7) is 4.36. The van der Waals surface area contributed by atoms with Gasteiger partial charge < -0.3 is 5.11 Å². The van der Waals surface area contributed by atoms with Crippen molar-refractivity contribution >= 4 is 0 Å². The second-order valence-electron chi connectivity index (χ2n) is 4.56. The van der Waals surface area contributed by atoms with E-state index in [0.29, 0.717) is 5.92 Å². The van der Waals surface area contributed by atoms with Crippen LogP contribution in [-0.2, 0) is 0 Å². The monoisotopic (exact) mass is 208 g/mol. The Morgan fingerprint density at radius 3 is 2.60 bits per heavy atom. The van der Waals surface area contributed by atoms with Crippen LogP contribution < -0.4 is 0 Å². The van der Waals surface area contributed by atoms with E-state index in [-0.39, 0.29) is 0 Å². The van der Waals surface area contributed by atoms with Crippen LogP contribution in [0.1, 0.15) is 52.4 Å². The smallest absolute Gasteiger partial charge is 0.0893 e. The molecule has 0 radical (unpaired) electrons. The first-order valence-electron chi connectivity index (χ1n) is 6.31. The SMILES string of the molecule is CCCCCCC1(O)C=CC=CC1CC. The highest BCUT2D eigenvalue weighted by molar-refractivity contribution is 5.21. The summed E-state index contributed by atoms with van der Waals surface area (Å²) in [6.07, 6.45) is 15.0. The Labute approximate surface area is 93.9 Å². The van der Waals surface area contributed by atoms with Gasteiger partial charge in [0.2, 0.25) is 0 Å². The van der Waals surface area contributed by atoms with Crippen LogP contribution in [0.2, 0.25) is 0 Å². The molecule has 1 nitrogen and oxygen atoms in total. The van der Waals surface area contributed by atoms with E-state index < -0.39 is 5.60 Å². The maximum absolute atomic E-state index is 10.5. The van der Waals surface area contributed by atoms with Gasteiger partial charge in [-0.05, 0) is 12.8 Å². The number of unbranched alkanes of at least 4 members (excludes halogenated alkanes) is 3. The number of hydrogen-bond acceptors (Lipinski definition) is 1. The molecule has 0 aromatic heterocycles. The molecule has 0 bridgehead atoms. The zero-order valence-electron chi connectivity index (χ0n) is 10.1. The standard InChI is InChI=1S/C14H24O/c1-3-5-6-8-11-14(15)12-9-7-10-13(14)4-2/h7,9-10,12-13,15H,3-6,8,11H2,1-2H3. The van der Waals surface area contributed by atoms with E-state index in [2.05, 4.69) is 26.0 Å². The molecule has 0 saturated heterocycles. The van der Waals surface area contributed by atoms with Crippen molar-refractivity contribution in [2.24, 2.45) is 5.92 Å². The topological polar surface area (TPSA) is 20.2 Å². The number of hydrogen-bond donors (Lipinski definition) is 1. The highest BCUT2D eigenvalue weighted by Crippen LogP contribution is 2.32. The predicted octanol–water partition coefficient (Wildman–Crippen LogP) is 3.84. The third-order valence-corrected chi connectivity index (χ3v) is 3.35. The maximum Gasteiger partial charge on any atom is 0.0893 e. The van der Waals surface area contributed by atoms with Gasteiger partial charge in [-0.3, -0.25) is 0 Å². The molecule has 0 spiro atoms. The maximum atomic E-state index is 10.5. The average molecular weight is 208 g/mol. The van der Waals surface area contributed by atoms with Gasteiger partial charge in [0.25, 0.3) is 0 Å². The van der Waals surface area contributed by atoms with Crippen molar-refractivity contribution in [1.82, 2.24) is 0 Å². The molecule has 2 atom stereocenters. The fraction of sp³-hybridized carbons (Fsp3) is 0.714. The predicted molar refractivity (Wildman–Crippen MR) is 65.8 cm³/mol. The molecule has 0 aliphatic heterocycles. The first-order chi connectivity index (χ1) is 7.23. The molecule has 0 aromatic carbocycles. The van der Waals surface area contributed by atoms with Crippen LogP contribution in [0.4, 0.5) is 0 Å². The molecule has 86 valence electrons. The summed E-state index contributed by atoms with van der Waals surface area (Å²) >= 11 is 0. The molecule has 1 rings (SSSR count). The van der Waals surface area contributed by atoms with E-state index in [1.165, 1.54) is 19.3 Å². The summed E-state index contributed by atoms with van der Waals surface area (Å²) in [4.78, 5) is 0. The summed E-state index contributed by atoms with van der Waals surface area (Å²) in [5.41, 5.74) is -0.572. The molecule has 0 aromatic rings. The van der Waals surface area contributed by atoms with Crippen LogP contribution in [0, 0.1) is 5.92 Å². The van der Waals surface area contributed by atoms with Crippen LogP contribution in [0.15, 0.2) is 24.3 Å². The van der Waals surface area contributed by atoms with E-state index in [1.54, 1.807) is 0 Å². The Morgan fingerprint density at radius 1 is 1.13 bits per heavy atom. The molecule has 0 saturated carbocycles. The van der Waals surface area contributed by atoms with Gasteiger partial charge in [0.05, 0.1) is 5.60 Å². The van der Waals surface area contributed by atoms with Gasteiger partial charge >= 0.3 is 0 Å². The molecular formula is C14H24O. The zero-order chi connectivity index (χ0) is 11.1. The summed E-state index contributed by atoms with van der Waals surface area (Å²) in [5, 5.41) is 10.5. The quantitative estimate of drug-likeness (QED) is 0.657. The van der Waals surface area contributed by atoms with Gasteiger partial charge in [-0.2, -0.15) is 0 Å². The second-order valence-corrected chi connectivity index (χ2v) is 4.56. The van der Waals surface area contributed by atoms with Gasteiger partial charge in [-0.25, -0.2) is 0 Å². The molecule has 0 fully saturated rings. The lowest BCUT2D eigenvalue weighted by atomic mass is 9.78. The van der Waals surface area contributed by atoms with E-state index in [0.717, 1.165) is 19.3 Å². The number of allylic oxidation sites excluding steroid dienone is 2. The van der Waals surface area contributed by atoms with Crippen LogP contribution in [0.25, 0.3) is 0 Å². The highest BCUT2D eigenvalue weighted by atomic mass is 16.3. The Morgan fingerprint density at radius 2 is 1.93 bits per heavy atom. The molecule has 15 heavy (non-hydrogen) atoms. The summed E-state index contributed by atoms with van der Waals surface area (Å²) in [6, 6.07) is 0. The van der Waals surface area contributed by atoms with Gasteiger partial charge in [-0.1, -0.05) is 63.8 Å². The van der Waals surface area contributed by atoms with E-state index in [9.17, 15) is 5.11 Å². The van der Waals surface area contributed by atoms with E-state index >= 15 is 0 Å². The molecular weight excluding hydrogens is 184 g/mol. The second kappa shape index (κ2) is 6.12. The third kappa shape index (κ3) is 3.49. The zero-order valence-corrected chi connectivity index (χ0v) is 10.1. The molecule has 1 aliphatic carbocycles. The molecule has 2 unspecified atom stereocenters. The number of rotatable bonds is 6. The van der Waals surface area contributed by atoms with Crippen molar-refractivity contribution in [3.8, 4) is 0 Å². The van der Waals surface area contributed by atoms with Crippen molar-refractivity contribution in [3.63, 3.8) is 0 Å². The lowest BCUT2D eigenvalue weighted by molar-refractivity contribution is 0.0336. The van der Waals surface area contributed by atoms with Crippen molar-refractivity contribution in [3.05, 3.63) is 24.3 Å². The Bertz CT molecular complexity index is 229. The van der Waals surface area contributed by atoms with Crippen molar-refractivity contribution in [1.29, 1.82) is 0 Å². The molecule has 1 aliphatic rings. The fourth-order valence-corrected chi connectivity index (χ4v) is 2.30. The summed E-state index contributed by atoms with van der Waals surface area (Å²) < 4.78 is 0. The minimum absolute atomic E-state index is 0.309. The molecule has 1 N–H and O–H groups in total. The minimum Gasteiger partial charge on any atom is -0.385 e. The summed E-state index contributed by atoms with van der Waals surface area (Å²) in [5.74, 6) is 0.309. The van der Waals surface area contributed by atoms with Gasteiger partial charge in [0.1, 0.15) is 0 Å². The van der Waals surface area contributed by atoms with E-state index in [1.807, 2.05) is 12.2 Å². The largest absolute Gasteiger partial charge is 0.385 e. The van der Waals surface area contributed by atoms with Crippen molar-refractivity contribution in [2.45, 2.75) is 58.0 Å². The Kier molecular flexibility index (Phi) is 5.10. The minimum atomic E-state index is -0.572. The van der Waals surface area contributed by atoms with Gasteiger partial charge in [0, 0.05) is 5.92 Å². The molecule has 0 heterocycles. The lowest BCUT2D eigenvalue weighted by Crippen LogP contribution is -2.35. The van der Waals surface area contributed by atoms with Gasteiger partial charge in [0.15, 0.2) is 0 Å². The first-order valence-corrected chi connectivity index (χ1v) is 6.31. The first kappa shape index (κ1) is 12.5. The average Bonchev–Trinajstić information content (AvgIpc) is 2.25. The fourth-order valence-electron chi connectivity index (χ4n) is 2.30.